The minimum atomic E-state index is -0.305. The van der Waals surface area contributed by atoms with Gasteiger partial charge in [-0.2, -0.15) is 4.98 Å². The Morgan fingerprint density at radius 1 is 1.40 bits per heavy atom. The van der Waals surface area contributed by atoms with E-state index in [1.165, 1.54) is 0 Å². The molecular weight excluding hydrogens is 258 g/mol. The first-order chi connectivity index (χ1) is 9.74. The molecule has 1 saturated heterocycles. The molecule has 1 unspecified atom stereocenters. The van der Waals surface area contributed by atoms with Crippen LogP contribution < -0.4 is 5.73 Å². The van der Waals surface area contributed by atoms with E-state index in [1.54, 1.807) is 6.20 Å². The number of hydrogen-bond acceptors (Lipinski definition) is 6. The zero-order valence-electron chi connectivity index (χ0n) is 11.1. The summed E-state index contributed by atoms with van der Waals surface area (Å²) < 4.78 is 10.7. The molecule has 3 heterocycles. The fourth-order valence-corrected chi connectivity index (χ4v) is 2.73. The fraction of sp³-hybridized carbons (Fsp3) is 0.615. The van der Waals surface area contributed by atoms with E-state index in [0.717, 1.165) is 43.8 Å². The van der Waals surface area contributed by atoms with Crippen molar-refractivity contribution in [1.82, 2.24) is 20.1 Å². The summed E-state index contributed by atoms with van der Waals surface area (Å²) >= 11 is 0. The van der Waals surface area contributed by atoms with Crippen molar-refractivity contribution in [2.24, 2.45) is 5.73 Å². The van der Waals surface area contributed by atoms with E-state index in [9.17, 15) is 0 Å². The number of imidazole rings is 1. The first-order valence-corrected chi connectivity index (χ1v) is 7.01. The van der Waals surface area contributed by atoms with E-state index in [1.807, 2.05) is 0 Å². The van der Waals surface area contributed by atoms with Crippen LogP contribution in [0.4, 0.5) is 0 Å². The van der Waals surface area contributed by atoms with Crippen LogP contribution >= 0.6 is 0 Å². The van der Waals surface area contributed by atoms with Crippen LogP contribution in [0.5, 0.6) is 0 Å². The Kier molecular flexibility index (Phi) is 2.64. The van der Waals surface area contributed by atoms with Crippen molar-refractivity contribution in [2.45, 2.75) is 37.1 Å². The van der Waals surface area contributed by atoms with Gasteiger partial charge in [-0.25, -0.2) is 4.98 Å². The van der Waals surface area contributed by atoms with Crippen LogP contribution in [0, 0.1) is 0 Å². The lowest BCUT2D eigenvalue weighted by Gasteiger charge is -2.35. The molecule has 4 rings (SSSR count). The van der Waals surface area contributed by atoms with Crippen LogP contribution in [0.3, 0.4) is 0 Å². The lowest BCUT2D eigenvalue weighted by Crippen LogP contribution is -2.44. The Hall–Kier alpha value is -1.73. The van der Waals surface area contributed by atoms with E-state index in [0.29, 0.717) is 18.3 Å². The molecule has 0 radical (unpaired) electrons. The SMILES string of the molecule is NC1(c2ncc(-c3nc(C4CCOC4)no3)[nH]2)CCC1. The second-order valence-corrected chi connectivity index (χ2v) is 5.67. The van der Waals surface area contributed by atoms with E-state index >= 15 is 0 Å². The average molecular weight is 275 g/mol. The highest BCUT2D eigenvalue weighted by atomic mass is 16.5. The number of nitrogens with one attached hydrogen (secondary N) is 1. The van der Waals surface area contributed by atoms with Crippen molar-refractivity contribution in [1.29, 1.82) is 0 Å². The second kappa shape index (κ2) is 4.39. The Bertz CT molecular complexity index is 610. The first kappa shape index (κ1) is 12.0. The maximum absolute atomic E-state index is 6.24. The first-order valence-electron chi connectivity index (χ1n) is 7.01. The maximum Gasteiger partial charge on any atom is 0.275 e. The van der Waals surface area contributed by atoms with Crippen molar-refractivity contribution in [2.75, 3.05) is 13.2 Å². The second-order valence-electron chi connectivity index (χ2n) is 5.67. The number of rotatable bonds is 3. The fourth-order valence-electron chi connectivity index (χ4n) is 2.73. The van der Waals surface area contributed by atoms with E-state index < -0.39 is 0 Å². The van der Waals surface area contributed by atoms with Gasteiger partial charge in [0.15, 0.2) is 5.82 Å². The Morgan fingerprint density at radius 3 is 3.00 bits per heavy atom. The molecule has 0 bridgehead atoms. The highest BCUT2D eigenvalue weighted by Crippen LogP contribution is 2.37. The van der Waals surface area contributed by atoms with E-state index in [4.69, 9.17) is 15.0 Å². The summed E-state index contributed by atoms with van der Waals surface area (Å²) in [5, 5.41) is 4.04. The minimum absolute atomic E-state index is 0.238. The standard InChI is InChI=1S/C13H17N5O2/c14-13(3-1-4-13)12-15-6-9(16-12)11-17-10(18-20-11)8-2-5-19-7-8/h6,8H,1-5,7,14H2,(H,15,16). The van der Waals surface area contributed by atoms with Crippen LogP contribution in [-0.4, -0.2) is 33.3 Å². The average Bonchev–Trinajstić information content (AvgIpc) is 3.13. The van der Waals surface area contributed by atoms with Gasteiger partial charge in [0.25, 0.3) is 5.89 Å². The smallest absolute Gasteiger partial charge is 0.275 e. The van der Waals surface area contributed by atoms with Crippen molar-refractivity contribution >= 4 is 0 Å². The summed E-state index contributed by atoms with van der Waals surface area (Å²) in [6.07, 6.45) is 5.74. The van der Waals surface area contributed by atoms with Gasteiger partial charge in [0, 0.05) is 12.5 Å². The number of hydrogen-bond donors (Lipinski definition) is 2. The van der Waals surface area contributed by atoms with Crippen molar-refractivity contribution in [3.8, 4) is 11.6 Å². The van der Waals surface area contributed by atoms with Gasteiger partial charge in [-0.05, 0) is 25.7 Å². The third-order valence-electron chi connectivity index (χ3n) is 4.26. The Labute approximate surface area is 115 Å². The summed E-state index contributed by atoms with van der Waals surface area (Å²) in [5.41, 5.74) is 6.67. The quantitative estimate of drug-likeness (QED) is 0.875. The molecule has 1 saturated carbocycles. The molecule has 1 aliphatic heterocycles. The third kappa shape index (κ3) is 1.85. The van der Waals surface area contributed by atoms with Crippen molar-refractivity contribution in [3.63, 3.8) is 0 Å². The predicted molar refractivity (Wildman–Crippen MR) is 69.8 cm³/mol. The number of ether oxygens (including phenoxy) is 1. The van der Waals surface area contributed by atoms with E-state index in [-0.39, 0.29) is 11.5 Å². The molecule has 20 heavy (non-hydrogen) atoms. The van der Waals surface area contributed by atoms with Crippen LogP contribution in [0.25, 0.3) is 11.6 Å². The number of nitrogens with zero attached hydrogens (tertiary/aromatic N) is 3. The van der Waals surface area contributed by atoms with E-state index in [2.05, 4.69) is 20.1 Å². The lowest BCUT2D eigenvalue weighted by molar-refractivity contribution is 0.192. The highest BCUT2D eigenvalue weighted by molar-refractivity contribution is 5.45. The topological polar surface area (TPSA) is 103 Å². The zero-order valence-corrected chi connectivity index (χ0v) is 11.1. The number of nitrogens with two attached hydrogens (primary N) is 1. The molecule has 1 aliphatic carbocycles. The third-order valence-corrected chi connectivity index (χ3v) is 4.26. The maximum atomic E-state index is 6.24. The van der Waals surface area contributed by atoms with Crippen molar-refractivity contribution < 1.29 is 9.26 Å². The van der Waals surface area contributed by atoms with Gasteiger partial charge in [0.1, 0.15) is 11.5 Å². The molecule has 0 amide bonds. The van der Waals surface area contributed by atoms with Gasteiger partial charge in [0.2, 0.25) is 0 Å². The van der Waals surface area contributed by atoms with Gasteiger partial charge in [-0.3, -0.25) is 0 Å². The molecule has 2 aromatic rings. The molecular formula is C13H17N5O2. The summed E-state index contributed by atoms with van der Waals surface area (Å²) in [5.74, 6) is 2.22. The molecule has 106 valence electrons. The predicted octanol–water partition coefficient (Wildman–Crippen LogP) is 1.30. The van der Waals surface area contributed by atoms with Gasteiger partial charge in [-0.1, -0.05) is 5.16 Å². The van der Waals surface area contributed by atoms with Crippen molar-refractivity contribution in [3.05, 3.63) is 17.8 Å². The van der Waals surface area contributed by atoms with Crippen LogP contribution in [0.1, 0.15) is 43.3 Å². The largest absolute Gasteiger partial charge is 0.381 e. The normalized spacial score (nSPS) is 24.8. The molecule has 3 N–H and O–H groups in total. The molecule has 2 aliphatic rings. The van der Waals surface area contributed by atoms with Crippen LogP contribution in [0.15, 0.2) is 10.7 Å². The minimum Gasteiger partial charge on any atom is -0.381 e. The molecule has 2 aromatic heterocycles. The van der Waals surface area contributed by atoms with Gasteiger partial charge in [-0.15, -0.1) is 0 Å². The Balaban J connectivity index is 1.58. The van der Waals surface area contributed by atoms with Crippen LogP contribution in [0.2, 0.25) is 0 Å². The van der Waals surface area contributed by atoms with Gasteiger partial charge >= 0.3 is 0 Å². The number of H-pyrrole nitrogens is 1. The lowest BCUT2D eigenvalue weighted by atomic mass is 9.77. The summed E-state index contributed by atoms with van der Waals surface area (Å²) in [6, 6.07) is 0. The summed E-state index contributed by atoms with van der Waals surface area (Å²) in [7, 11) is 0. The molecule has 0 spiro atoms. The Morgan fingerprint density at radius 2 is 2.30 bits per heavy atom. The monoisotopic (exact) mass is 275 g/mol. The van der Waals surface area contributed by atoms with Gasteiger partial charge < -0.3 is 20.0 Å². The molecule has 1 atom stereocenters. The summed E-state index contributed by atoms with van der Waals surface area (Å²) in [6.45, 7) is 1.43. The molecule has 7 nitrogen and oxygen atoms in total. The number of aromatic amines is 1. The summed E-state index contributed by atoms with van der Waals surface area (Å²) in [4.78, 5) is 12.0. The molecule has 7 heteroatoms. The number of aromatic nitrogens is 4. The van der Waals surface area contributed by atoms with Gasteiger partial charge in [0.05, 0.1) is 18.3 Å². The highest BCUT2D eigenvalue weighted by Gasteiger charge is 2.37. The zero-order chi connectivity index (χ0) is 13.6. The van der Waals surface area contributed by atoms with Crippen LogP contribution in [-0.2, 0) is 10.3 Å². The molecule has 2 fully saturated rings. The molecule has 0 aromatic carbocycles.